The van der Waals surface area contributed by atoms with Crippen molar-refractivity contribution < 1.29 is 4.79 Å². The molecule has 3 rings (SSSR count). The van der Waals surface area contributed by atoms with E-state index in [4.69, 9.17) is 0 Å². The molecule has 0 bridgehead atoms. The average Bonchev–Trinajstić information content (AvgIpc) is 3.25. The number of nitrogens with one attached hydrogen (secondary N) is 2. The van der Waals surface area contributed by atoms with Crippen LogP contribution in [-0.2, 0) is 0 Å². The summed E-state index contributed by atoms with van der Waals surface area (Å²) >= 11 is 1.64. The fourth-order valence-corrected chi connectivity index (χ4v) is 3.77. The molecule has 1 aromatic heterocycles. The molecule has 1 aromatic carbocycles. The zero-order chi connectivity index (χ0) is 16.9. The molecule has 6 heteroatoms. The lowest BCUT2D eigenvalue weighted by molar-refractivity contribution is 0.251. The number of carbonyl (C=O) groups is 1. The van der Waals surface area contributed by atoms with Crippen LogP contribution in [0.15, 0.2) is 29.6 Å². The molecule has 0 aliphatic carbocycles. The van der Waals surface area contributed by atoms with Crippen LogP contribution in [0.5, 0.6) is 0 Å². The molecule has 2 N–H and O–H groups in total. The van der Waals surface area contributed by atoms with Gasteiger partial charge in [-0.1, -0.05) is 19.1 Å². The van der Waals surface area contributed by atoms with E-state index in [9.17, 15) is 4.79 Å². The van der Waals surface area contributed by atoms with Gasteiger partial charge >= 0.3 is 6.03 Å². The first-order valence-corrected chi connectivity index (χ1v) is 9.32. The van der Waals surface area contributed by atoms with E-state index in [1.807, 2.05) is 30.5 Å². The smallest absolute Gasteiger partial charge is 0.319 e. The van der Waals surface area contributed by atoms with Gasteiger partial charge in [-0.25, -0.2) is 9.78 Å². The molecule has 2 heterocycles. The van der Waals surface area contributed by atoms with Crippen molar-refractivity contribution in [3.05, 3.63) is 40.3 Å². The summed E-state index contributed by atoms with van der Waals surface area (Å²) in [6, 6.07) is 7.84. The van der Waals surface area contributed by atoms with E-state index in [1.54, 1.807) is 11.3 Å². The first kappa shape index (κ1) is 16.8. The molecule has 5 nitrogen and oxygen atoms in total. The van der Waals surface area contributed by atoms with Gasteiger partial charge in [0.1, 0.15) is 0 Å². The molecular formula is C18H24N4OS. The van der Waals surface area contributed by atoms with Gasteiger partial charge < -0.3 is 15.5 Å². The van der Waals surface area contributed by atoms with E-state index in [2.05, 4.69) is 33.5 Å². The number of hydrogen-bond donors (Lipinski definition) is 2. The Morgan fingerprint density at radius 3 is 2.79 bits per heavy atom. The van der Waals surface area contributed by atoms with Gasteiger partial charge in [0.2, 0.25) is 0 Å². The van der Waals surface area contributed by atoms with Crippen molar-refractivity contribution in [3.63, 3.8) is 0 Å². The van der Waals surface area contributed by atoms with Crippen LogP contribution >= 0.6 is 11.3 Å². The largest absolute Gasteiger partial charge is 0.370 e. The molecule has 1 aliphatic rings. The molecule has 24 heavy (non-hydrogen) atoms. The first-order chi connectivity index (χ1) is 11.6. The Kier molecular flexibility index (Phi) is 5.35. The Labute approximate surface area is 147 Å². The minimum absolute atomic E-state index is 0.165. The highest BCUT2D eigenvalue weighted by molar-refractivity contribution is 7.09. The van der Waals surface area contributed by atoms with E-state index < -0.39 is 0 Å². The third-order valence-corrected chi connectivity index (χ3v) is 5.42. The van der Waals surface area contributed by atoms with Crippen LogP contribution in [0.25, 0.3) is 0 Å². The van der Waals surface area contributed by atoms with Gasteiger partial charge in [0.25, 0.3) is 0 Å². The number of aromatic nitrogens is 1. The molecule has 0 saturated carbocycles. The molecular weight excluding hydrogens is 320 g/mol. The monoisotopic (exact) mass is 344 g/mol. The number of nitrogens with zero attached hydrogens (tertiary/aromatic N) is 2. The van der Waals surface area contributed by atoms with E-state index in [0.717, 1.165) is 35.2 Å². The summed E-state index contributed by atoms with van der Waals surface area (Å²) in [6.07, 6.45) is 2.43. The summed E-state index contributed by atoms with van der Waals surface area (Å²) in [5.41, 5.74) is 3.01. The van der Waals surface area contributed by atoms with Crippen molar-refractivity contribution in [2.24, 2.45) is 0 Å². The topological polar surface area (TPSA) is 57.3 Å². The van der Waals surface area contributed by atoms with Crippen LogP contribution in [-0.4, -0.2) is 30.6 Å². The maximum Gasteiger partial charge on any atom is 0.319 e. The van der Waals surface area contributed by atoms with Crippen LogP contribution in [0.4, 0.5) is 16.2 Å². The molecule has 2 aromatic rings. The van der Waals surface area contributed by atoms with Gasteiger partial charge in [-0.15, -0.1) is 11.3 Å². The number of hydrogen-bond acceptors (Lipinski definition) is 4. The summed E-state index contributed by atoms with van der Waals surface area (Å²) in [5, 5.41) is 9.05. The second-order valence-corrected chi connectivity index (χ2v) is 7.16. The minimum Gasteiger partial charge on any atom is -0.370 e. The predicted octanol–water partition coefficient (Wildman–Crippen LogP) is 3.98. The SMILES string of the molecule is Cc1csc(C(C)CNC(=O)Nc2ccccc2N2CCCC2)n1. The summed E-state index contributed by atoms with van der Waals surface area (Å²) in [5.74, 6) is 0.211. The molecule has 1 saturated heterocycles. The van der Waals surface area contributed by atoms with E-state index in [1.165, 1.54) is 12.8 Å². The van der Waals surface area contributed by atoms with E-state index in [-0.39, 0.29) is 11.9 Å². The average molecular weight is 344 g/mol. The number of para-hydroxylation sites is 2. The Morgan fingerprint density at radius 1 is 1.33 bits per heavy atom. The van der Waals surface area contributed by atoms with Crippen molar-refractivity contribution in [3.8, 4) is 0 Å². The van der Waals surface area contributed by atoms with Gasteiger partial charge in [0.05, 0.1) is 16.4 Å². The Hall–Kier alpha value is -2.08. The Balaban J connectivity index is 1.57. The maximum absolute atomic E-state index is 12.3. The van der Waals surface area contributed by atoms with Gasteiger partial charge in [-0.05, 0) is 31.9 Å². The first-order valence-electron chi connectivity index (χ1n) is 8.44. The number of benzene rings is 1. The molecule has 2 amide bonds. The Bertz CT molecular complexity index is 694. The van der Waals surface area contributed by atoms with Crippen molar-refractivity contribution in [2.45, 2.75) is 32.6 Å². The predicted molar refractivity (Wildman–Crippen MR) is 100 cm³/mol. The zero-order valence-electron chi connectivity index (χ0n) is 14.2. The lowest BCUT2D eigenvalue weighted by Gasteiger charge is -2.21. The van der Waals surface area contributed by atoms with Crippen molar-refractivity contribution >= 4 is 28.7 Å². The van der Waals surface area contributed by atoms with Crippen molar-refractivity contribution in [2.75, 3.05) is 29.9 Å². The second-order valence-electron chi connectivity index (χ2n) is 6.27. The van der Waals surface area contributed by atoms with Gasteiger partial charge in [0.15, 0.2) is 0 Å². The maximum atomic E-state index is 12.3. The molecule has 1 unspecified atom stereocenters. The highest BCUT2D eigenvalue weighted by atomic mass is 32.1. The minimum atomic E-state index is -0.165. The number of anilines is 2. The molecule has 1 atom stereocenters. The van der Waals surface area contributed by atoms with Crippen LogP contribution in [0.2, 0.25) is 0 Å². The lowest BCUT2D eigenvalue weighted by atomic mass is 10.2. The van der Waals surface area contributed by atoms with E-state index in [0.29, 0.717) is 6.54 Å². The lowest BCUT2D eigenvalue weighted by Crippen LogP contribution is -2.32. The second kappa shape index (κ2) is 7.66. The normalized spacial score (nSPS) is 15.3. The molecule has 0 radical (unpaired) electrons. The quantitative estimate of drug-likeness (QED) is 0.863. The van der Waals surface area contributed by atoms with Crippen LogP contribution < -0.4 is 15.5 Å². The standard InChI is InChI=1S/C18H24N4OS/c1-13(17-20-14(2)12-24-17)11-19-18(23)21-15-7-3-4-8-16(15)22-9-5-6-10-22/h3-4,7-8,12-13H,5-6,9-11H2,1-2H3,(H2,19,21,23). The van der Waals surface area contributed by atoms with Crippen molar-refractivity contribution in [1.82, 2.24) is 10.3 Å². The van der Waals surface area contributed by atoms with Gasteiger partial charge in [0, 0.05) is 36.6 Å². The summed E-state index contributed by atoms with van der Waals surface area (Å²) in [7, 11) is 0. The van der Waals surface area contributed by atoms with Crippen molar-refractivity contribution in [1.29, 1.82) is 0 Å². The third-order valence-electron chi connectivity index (χ3n) is 4.23. The number of urea groups is 1. The molecule has 0 spiro atoms. The summed E-state index contributed by atoms with van der Waals surface area (Å²) in [4.78, 5) is 19.1. The number of amides is 2. The van der Waals surface area contributed by atoms with Gasteiger partial charge in [-0.2, -0.15) is 0 Å². The highest BCUT2D eigenvalue weighted by Gasteiger charge is 2.17. The number of aryl methyl sites for hydroxylation is 1. The number of carbonyl (C=O) groups excluding carboxylic acids is 1. The summed E-state index contributed by atoms with van der Waals surface area (Å²) in [6.45, 7) is 6.75. The van der Waals surface area contributed by atoms with Crippen LogP contribution in [0.1, 0.15) is 36.4 Å². The van der Waals surface area contributed by atoms with E-state index >= 15 is 0 Å². The Morgan fingerprint density at radius 2 is 2.08 bits per heavy atom. The van der Waals surface area contributed by atoms with Crippen LogP contribution in [0, 0.1) is 6.92 Å². The van der Waals surface area contributed by atoms with Gasteiger partial charge in [-0.3, -0.25) is 0 Å². The zero-order valence-corrected chi connectivity index (χ0v) is 15.0. The number of thiazole rings is 1. The molecule has 128 valence electrons. The highest BCUT2D eigenvalue weighted by Crippen LogP contribution is 2.28. The van der Waals surface area contributed by atoms with Crippen LogP contribution in [0.3, 0.4) is 0 Å². The fraction of sp³-hybridized carbons (Fsp3) is 0.444. The third kappa shape index (κ3) is 4.06. The molecule has 1 aliphatic heterocycles. The summed E-state index contributed by atoms with van der Waals surface area (Å²) < 4.78 is 0. The fourth-order valence-electron chi connectivity index (χ4n) is 2.91. The number of rotatable bonds is 5. The molecule has 1 fully saturated rings.